The number of H-pyrrole nitrogens is 1. The Morgan fingerprint density at radius 3 is 2.51 bits per heavy atom. The molecule has 5 rings (SSSR count). The third-order valence-electron chi connectivity index (χ3n) is 8.09. The Morgan fingerprint density at radius 1 is 1.09 bits per heavy atom. The molecule has 4 aromatic rings. The van der Waals surface area contributed by atoms with Crippen LogP contribution in [0.1, 0.15) is 81.4 Å². The summed E-state index contributed by atoms with van der Waals surface area (Å²) in [4.78, 5) is 28.2. The lowest BCUT2D eigenvalue weighted by Gasteiger charge is -2.27. The molecule has 226 valence electrons. The van der Waals surface area contributed by atoms with Crippen LogP contribution in [0.2, 0.25) is 0 Å². The van der Waals surface area contributed by atoms with Gasteiger partial charge in [0, 0.05) is 30.4 Å². The first-order valence-corrected chi connectivity index (χ1v) is 15.0. The highest BCUT2D eigenvalue weighted by atomic mass is 16.4. The van der Waals surface area contributed by atoms with Crippen molar-refractivity contribution >= 4 is 11.9 Å². The maximum atomic E-state index is 12.3. The number of hydrogen-bond donors (Lipinski definition) is 4. The number of benzene rings is 2. The highest BCUT2D eigenvalue weighted by Gasteiger charge is 2.27. The first-order valence-electron chi connectivity index (χ1n) is 15.0. The molecule has 1 aliphatic rings. The topological polar surface area (TPSA) is 178 Å². The van der Waals surface area contributed by atoms with E-state index in [2.05, 4.69) is 63.2 Å². The van der Waals surface area contributed by atoms with Crippen LogP contribution in [0.25, 0.3) is 22.5 Å². The van der Waals surface area contributed by atoms with Crippen LogP contribution in [0, 0.1) is 0 Å². The SMILES string of the molecule is CCCCc1nc(C2CCC(NC(=O)CCC(N)C(=O)O)CC2)nn1Cc1ccc(-c2ccccc2-c2nn[nH]n2)cc1. The van der Waals surface area contributed by atoms with Crippen molar-refractivity contribution in [3.05, 3.63) is 65.7 Å². The van der Waals surface area contributed by atoms with Crippen LogP contribution in [-0.4, -0.2) is 64.5 Å². The van der Waals surface area contributed by atoms with Gasteiger partial charge in [-0.05, 0) is 60.4 Å². The van der Waals surface area contributed by atoms with E-state index < -0.39 is 12.0 Å². The fourth-order valence-electron chi connectivity index (χ4n) is 5.59. The number of aromatic amines is 1. The van der Waals surface area contributed by atoms with Gasteiger partial charge in [-0.25, -0.2) is 9.67 Å². The molecule has 2 aromatic carbocycles. The standard InChI is InChI=1S/C31H39N9O3/c1-2-3-8-27-34-29(22-13-15-23(16-14-22)33-28(41)18-17-26(32)31(42)43)37-40(27)19-20-9-11-21(12-10-20)24-6-4-5-7-25(24)30-35-38-39-36-30/h4-7,9-12,22-23,26H,2-3,8,13-19,32H2,1H3,(H,33,41)(H,42,43)(H,35,36,38,39). The van der Waals surface area contributed by atoms with Gasteiger partial charge >= 0.3 is 5.97 Å². The van der Waals surface area contributed by atoms with Gasteiger partial charge in [-0.3, -0.25) is 9.59 Å². The van der Waals surface area contributed by atoms with E-state index in [1.165, 1.54) is 0 Å². The molecule has 0 bridgehead atoms. The third kappa shape index (κ3) is 7.69. The van der Waals surface area contributed by atoms with E-state index in [4.69, 9.17) is 20.9 Å². The number of tetrazole rings is 1. The highest BCUT2D eigenvalue weighted by Crippen LogP contribution is 2.32. The number of aliphatic carboxylic acids is 1. The summed E-state index contributed by atoms with van der Waals surface area (Å²) >= 11 is 0. The van der Waals surface area contributed by atoms with E-state index in [1.54, 1.807) is 0 Å². The number of nitrogens with zero attached hydrogens (tertiary/aromatic N) is 6. The summed E-state index contributed by atoms with van der Waals surface area (Å²) < 4.78 is 2.05. The zero-order valence-corrected chi connectivity index (χ0v) is 24.4. The second-order valence-corrected chi connectivity index (χ2v) is 11.2. The minimum Gasteiger partial charge on any atom is -0.480 e. The highest BCUT2D eigenvalue weighted by molar-refractivity contribution is 5.80. The summed E-state index contributed by atoms with van der Waals surface area (Å²) in [6, 6.07) is 15.6. The number of nitrogens with two attached hydrogens (primary N) is 1. The predicted octanol–water partition coefficient (Wildman–Crippen LogP) is 3.85. The van der Waals surface area contributed by atoms with Crippen LogP contribution in [0.15, 0.2) is 48.5 Å². The Bertz CT molecular complexity index is 1490. The van der Waals surface area contributed by atoms with Crippen molar-refractivity contribution in [1.82, 2.24) is 40.7 Å². The van der Waals surface area contributed by atoms with E-state index in [-0.39, 0.29) is 30.7 Å². The molecule has 12 heteroatoms. The Hall–Kier alpha value is -4.45. The molecule has 43 heavy (non-hydrogen) atoms. The van der Waals surface area contributed by atoms with Crippen LogP contribution in [0.5, 0.6) is 0 Å². The largest absolute Gasteiger partial charge is 0.480 e. The number of carboxylic acid groups (broad SMARTS) is 1. The maximum absolute atomic E-state index is 12.3. The molecule has 12 nitrogen and oxygen atoms in total. The van der Waals surface area contributed by atoms with Gasteiger partial charge in [-0.1, -0.05) is 61.9 Å². The number of unbranched alkanes of at least 4 members (excludes halogenated alkanes) is 1. The van der Waals surface area contributed by atoms with Crippen LogP contribution in [-0.2, 0) is 22.6 Å². The normalized spacial score (nSPS) is 17.4. The summed E-state index contributed by atoms with van der Waals surface area (Å²) in [5.41, 5.74) is 9.70. The number of carbonyl (C=O) groups is 2. The lowest BCUT2D eigenvalue weighted by Crippen LogP contribution is -2.39. The fourth-order valence-corrected chi connectivity index (χ4v) is 5.59. The number of hydrogen-bond acceptors (Lipinski definition) is 8. The van der Waals surface area contributed by atoms with Gasteiger partial charge in [0.15, 0.2) is 5.82 Å². The summed E-state index contributed by atoms with van der Waals surface area (Å²) in [6.07, 6.45) is 6.73. The molecule has 2 aromatic heterocycles. The van der Waals surface area contributed by atoms with Gasteiger partial charge in [0.1, 0.15) is 11.9 Å². The quantitative estimate of drug-likeness (QED) is 0.181. The van der Waals surface area contributed by atoms with Crippen LogP contribution < -0.4 is 11.1 Å². The van der Waals surface area contributed by atoms with E-state index in [0.29, 0.717) is 12.4 Å². The van der Waals surface area contributed by atoms with Crippen LogP contribution in [0.3, 0.4) is 0 Å². The van der Waals surface area contributed by atoms with Gasteiger partial charge in [0.25, 0.3) is 0 Å². The van der Waals surface area contributed by atoms with Crippen molar-refractivity contribution in [2.75, 3.05) is 0 Å². The molecule has 1 aliphatic carbocycles. The molecule has 0 radical (unpaired) electrons. The molecule has 0 saturated heterocycles. The monoisotopic (exact) mass is 585 g/mol. The van der Waals surface area contributed by atoms with Crippen molar-refractivity contribution < 1.29 is 14.7 Å². The van der Waals surface area contributed by atoms with E-state index in [9.17, 15) is 9.59 Å². The number of aryl methyl sites for hydroxylation is 1. The van der Waals surface area contributed by atoms with Crippen LogP contribution >= 0.6 is 0 Å². The Balaban J connectivity index is 1.22. The summed E-state index contributed by atoms with van der Waals surface area (Å²) in [7, 11) is 0. The van der Waals surface area contributed by atoms with Crippen molar-refractivity contribution in [2.45, 2.75) is 89.3 Å². The average molecular weight is 586 g/mol. The number of rotatable bonds is 13. The molecular formula is C31H39N9O3. The number of nitrogens with one attached hydrogen (secondary N) is 2. The van der Waals surface area contributed by atoms with Gasteiger partial charge in [0.2, 0.25) is 11.7 Å². The predicted molar refractivity (Wildman–Crippen MR) is 161 cm³/mol. The Kier molecular flexibility index (Phi) is 9.88. The Labute approximate surface area is 250 Å². The zero-order chi connectivity index (χ0) is 30.2. The minimum atomic E-state index is -1.08. The van der Waals surface area contributed by atoms with E-state index in [1.807, 2.05) is 22.9 Å². The Morgan fingerprint density at radius 2 is 1.84 bits per heavy atom. The van der Waals surface area contributed by atoms with Gasteiger partial charge in [0.05, 0.1) is 6.54 Å². The average Bonchev–Trinajstić information content (AvgIpc) is 3.70. The van der Waals surface area contributed by atoms with E-state index in [0.717, 1.165) is 78.8 Å². The number of carboxylic acids is 1. The first kappa shape index (κ1) is 30.0. The molecule has 1 atom stereocenters. The van der Waals surface area contributed by atoms with Crippen molar-refractivity contribution in [1.29, 1.82) is 0 Å². The van der Waals surface area contributed by atoms with Crippen molar-refractivity contribution in [3.63, 3.8) is 0 Å². The lowest BCUT2D eigenvalue weighted by atomic mass is 9.85. The maximum Gasteiger partial charge on any atom is 0.320 e. The van der Waals surface area contributed by atoms with Gasteiger partial charge in [-0.15, -0.1) is 10.2 Å². The number of aromatic nitrogens is 7. The second kappa shape index (κ2) is 14.1. The van der Waals surface area contributed by atoms with Crippen molar-refractivity contribution in [3.8, 4) is 22.5 Å². The molecule has 0 spiro atoms. The molecule has 5 N–H and O–H groups in total. The molecule has 1 saturated carbocycles. The summed E-state index contributed by atoms with van der Waals surface area (Å²) in [6.45, 7) is 2.82. The summed E-state index contributed by atoms with van der Waals surface area (Å²) in [5, 5.41) is 31.5. The summed E-state index contributed by atoms with van der Waals surface area (Å²) in [5.74, 6) is 1.47. The van der Waals surface area contributed by atoms with Crippen molar-refractivity contribution in [2.24, 2.45) is 5.73 Å². The molecular weight excluding hydrogens is 546 g/mol. The molecule has 1 amide bonds. The number of carbonyl (C=O) groups excluding carboxylic acids is 1. The zero-order valence-electron chi connectivity index (χ0n) is 24.4. The number of amides is 1. The molecule has 0 aliphatic heterocycles. The minimum absolute atomic E-state index is 0.0789. The van der Waals surface area contributed by atoms with E-state index >= 15 is 0 Å². The van der Waals surface area contributed by atoms with Gasteiger partial charge < -0.3 is 16.2 Å². The lowest BCUT2D eigenvalue weighted by molar-refractivity contribution is -0.138. The molecule has 1 unspecified atom stereocenters. The van der Waals surface area contributed by atoms with Gasteiger partial charge in [-0.2, -0.15) is 10.3 Å². The molecule has 1 fully saturated rings. The second-order valence-electron chi connectivity index (χ2n) is 11.2. The first-order chi connectivity index (χ1) is 20.9. The third-order valence-corrected chi connectivity index (χ3v) is 8.09. The molecule has 2 heterocycles. The smallest absolute Gasteiger partial charge is 0.320 e. The van der Waals surface area contributed by atoms with Crippen LogP contribution in [0.4, 0.5) is 0 Å². The fraction of sp³-hybridized carbons (Fsp3) is 0.452.